The number of carbonyl (C=O) groups is 1. The second-order valence-corrected chi connectivity index (χ2v) is 7.63. The standard InChI is InChI=1S/C18H18F3N7OS/c19-18(20,21)12-9-25-16(26-11-2-1-3-22-8-11)27-14(12)10-6-13(24-7-10)15(29)28-17-23-4-5-30-17/h4-7,9,11,22,24H,1-3,8H2,(H,23,28,29)(H,25,26,27). The number of carbonyl (C=O) groups excluding carboxylic acids is 1. The predicted octanol–water partition coefficient (Wildman–Crippen LogP) is 3.36. The first-order chi connectivity index (χ1) is 14.4. The van der Waals surface area contributed by atoms with Gasteiger partial charge in [-0.25, -0.2) is 15.0 Å². The SMILES string of the molecule is O=C(Nc1nccs1)c1cc(-c2nc(NC3CCCNC3)ncc2C(F)(F)F)c[nH]1. The average molecular weight is 437 g/mol. The highest BCUT2D eigenvalue weighted by Crippen LogP contribution is 2.36. The van der Waals surface area contributed by atoms with Gasteiger partial charge < -0.3 is 15.6 Å². The van der Waals surface area contributed by atoms with Crippen LogP contribution in [0.4, 0.5) is 24.3 Å². The quantitative estimate of drug-likeness (QED) is 0.488. The van der Waals surface area contributed by atoms with Crippen molar-refractivity contribution in [1.29, 1.82) is 0 Å². The van der Waals surface area contributed by atoms with Crippen LogP contribution in [0.5, 0.6) is 0 Å². The third-order valence-electron chi connectivity index (χ3n) is 4.58. The second-order valence-electron chi connectivity index (χ2n) is 6.73. The average Bonchev–Trinajstić information content (AvgIpc) is 3.40. The Morgan fingerprint density at radius 1 is 1.30 bits per heavy atom. The first-order valence-corrected chi connectivity index (χ1v) is 10.1. The summed E-state index contributed by atoms with van der Waals surface area (Å²) in [6, 6.07) is 1.36. The summed E-state index contributed by atoms with van der Waals surface area (Å²) in [7, 11) is 0. The van der Waals surface area contributed by atoms with Crippen LogP contribution in [0.2, 0.25) is 0 Å². The summed E-state index contributed by atoms with van der Waals surface area (Å²) in [5.74, 6) is -0.396. The van der Waals surface area contributed by atoms with Crippen LogP contribution in [0.25, 0.3) is 11.3 Å². The third kappa shape index (κ3) is 4.60. The predicted molar refractivity (Wildman–Crippen MR) is 106 cm³/mol. The number of hydrogen-bond acceptors (Lipinski definition) is 7. The fourth-order valence-electron chi connectivity index (χ4n) is 3.15. The van der Waals surface area contributed by atoms with Crippen molar-refractivity contribution < 1.29 is 18.0 Å². The Hall–Kier alpha value is -2.99. The van der Waals surface area contributed by atoms with Crippen LogP contribution in [0.3, 0.4) is 0 Å². The maximum Gasteiger partial charge on any atom is 0.419 e. The number of hydrogen-bond donors (Lipinski definition) is 4. The van der Waals surface area contributed by atoms with Crippen molar-refractivity contribution in [2.75, 3.05) is 23.7 Å². The maximum absolute atomic E-state index is 13.5. The molecule has 1 amide bonds. The lowest BCUT2D eigenvalue weighted by atomic mass is 10.1. The molecule has 30 heavy (non-hydrogen) atoms. The van der Waals surface area contributed by atoms with Gasteiger partial charge in [-0.1, -0.05) is 0 Å². The molecule has 0 saturated carbocycles. The van der Waals surface area contributed by atoms with Crippen LogP contribution in [-0.4, -0.2) is 45.0 Å². The summed E-state index contributed by atoms with van der Waals surface area (Å²) in [4.78, 5) is 26.9. The number of aromatic nitrogens is 4. The van der Waals surface area contributed by atoms with Crippen molar-refractivity contribution >= 4 is 28.3 Å². The number of nitrogens with zero attached hydrogens (tertiary/aromatic N) is 3. The Balaban J connectivity index is 1.61. The van der Waals surface area contributed by atoms with Gasteiger partial charge in [0, 0.05) is 42.1 Å². The van der Waals surface area contributed by atoms with E-state index in [4.69, 9.17) is 0 Å². The van der Waals surface area contributed by atoms with Crippen LogP contribution in [0.15, 0.2) is 30.0 Å². The van der Waals surface area contributed by atoms with Gasteiger partial charge in [-0.05, 0) is 25.5 Å². The van der Waals surface area contributed by atoms with Crippen molar-refractivity contribution in [3.63, 3.8) is 0 Å². The molecule has 1 aliphatic rings. The Bertz CT molecular complexity index is 1010. The fourth-order valence-corrected chi connectivity index (χ4v) is 3.67. The molecule has 4 heterocycles. The van der Waals surface area contributed by atoms with Crippen molar-refractivity contribution in [2.45, 2.75) is 25.1 Å². The van der Waals surface area contributed by atoms with E-state index in [1.54, 1.807) is 5.38 Å². The van der Waals surface area contributed by atoms with Crippen LogP contribution in [0, 0.1) is 0 Å². The minimum atomic E-state index is -4.64. The minimum Gasteiger partial charge on any atom is -0.357 e. The molecule has 1 fully saturated rings. The lowest BCUT2D eigenvalue weighted by molar-refractivity contribution is -0.137. The van der Waals surface area contributed by atoms with E-state index in [-0.39, 0.29) is 28.9 Å². The highest BCUT2D eigenvalue weighted by Gasteiger charge is 2.36. The molecule has 1 unspecified atom stereocenters. The summed E-state index contributed by atoms with van der Waals surface area (Å²) >= 11 is 1.23. The zero-order valence-corrected chi connectivity index (χ0v) is 16.4. The Labute approximate surface area is 173 Å². The number of thiazole rings is 1. The van der Waals surface area contributed by atoms with E-state index < -0.39 is 17.6 Å². The summed E-state index contributed by atoms with van der Waals surface area (Å²) in [6.45, 7) is 1.59. The zero-order valence-electron chi connectivity index (χ0n) is 15.6. The normalized spacial score (nSPS) is 17.0. The number of alkyl halides is 3. The molecule has 12 heteroatoms. The largest absolute Gasteiger partial charge is 0.419 e. The molecule has 0 radical (unpaired) electrons. The molecule has 0 spiro atoms. The first kappa shape index (κ1) is 20.3. The first-order valence-electron chi connectivity index (χ1n) is 9.21. The van der Waals surface area contributed by atoms with Gasteiger partial charge in [0.25, 0.3) is 5.91 Å². The number of rotatable bonds is 5. The van der Waals surface area contributed by atoms with Gasteiger partial charge in [0.15, 0.2) is 5.13 Å². The molecule has 1 saturated heterocycles. The van der Waals surface area contributed by atoms with E-state index in [9.17, 15) is 18.0 Å². The molecule has 0 aliphatic carbocycles. The Morgan fingerprint density at radius 3 is 2.87 bits per heavy atom. The highest BCUT2D eigenvalue weighted by molar-refractivity contribution is 7.13. The Morgan fingerprint density at radius 2 is 2.17 bits per heavy atom. The summed E-state index contributed by atoms with van der Waals surface area (Å²) in [5.41, 5.74) is -1.04. The molecular formula is C18H18F3N7OS. The summed E-state index contributed by atoms with van der Waals surface area (Å²) in [6.07, 6.45) is 0.816. The number of nitrogens with one attached hydrogen (secondary N) is 4. The molecule has 8 nitrogen and oxygen atoms in total. The maximum atomic E-state index is 13.5. The number of aromatic amines is 1. The molecule has 4 N–H and O–H groups in total. The molecule has 0 bridgehead atoms. The summed E-state index contributed by atoms with van der Waals surface area (Å²) < 4.78 is 40.6. The number of amides is 1. The smallest absolute Gasteiger partial charge is 0.357 e. The lowest BCUT2D eigenvalue weighted by Gasteiger charge is -2.24. The fraction of sp³-hybridized carbons (Fsp3) is 0.333. The molecule has 1 atom stereocenters. The zero-order chi connectivity index (χ0) is 21.1. The Kier molecular flexibility index (Phi) is 5.68. The van der Waals surface area contributed by atoms with Crippen LogP contribution < -0.4 is 16.0 Å². The van der Waals surface area contributed by atoms with Gasteiger partial charge in [-0.3, -0.25) is 10.1 Å². The van der Waals surface area contributed by atoms with Gasteiger partial charge in [-0.15, -0.1) is 11.3 Å². The highest BCUT2D eigenvalue weighted by atomic mass is 32.1. The molecule has 4 rings (SSSR count). The number of piperidine rings is 1. The van der Waals surface area contributed by atoms with Crippen LogP contribution in [-0.2, 0) is 6.18 Å². The van der Waals surface area contributed by atoms with Crippen molar-refractivity contribution in [1.82, 2.24) is 25.3 Å². The topological polar surface area (TPSA) is 108 Å². The third-order valence-corrected chi connectivity index (χ3v) is 5.27. The molecular weight excluding hydrogens is 419 g/mol. The lowest BCUT2D eigenvalue weighted by Crippen LogP contribution is -2.38. The van der Waals surface area contributed by atoms with E-state index in [1.165, 1.54) is 29.8 Å². The van der Waals surface area contributed by atoms with Crippen molar-refractivity contribution in [2.24, 2.45) is 0 Å². The van der Waals surface area contributed by atoms with E-state index in [0.29, 0.717) is 11.7 Å². The molecule has 1 aliphatic heterocycles. The summed E-state index contributed by atoms with van der Waals surface area (Å²) in [5, 5.41) is 11.0. The van der Waals surface area contributed by atoms with E-state index >= 15 is 0 Å². The van der Waals surface area contributed by atoms with E-state index in [2.05, 4.69) is 35.9 Å². The van der Waals surface area contributed by atoms with Crippen molar-refractivity contribution in [3.05, 3.63) is 41.3 Å². The van der Waals surface area contributed by atoms with Gasteiger partial charge in [0.05, 0.1) is 5.69 Å². The van der Waals surface area contributed by atoms with Gasteiger partial charge >= 0.3 is 6.18 Å². The molecule has 0 aromatic carbocycles. The number of anilines is 2. The van der Waals surface area contributed by atoms with Crippen LogP contribution in [0.1, 0.15) is 28.9 Å². The van der Waals surface area contributed by atoms with Crippen molar-refractivity contribution in [3.8, 4) is 11.3 Å². The molecule has 158 valence electrons. The van der Waals surface area contributed by atoms with Crippen LogP contribution >= 0.6 is 11.3 Å². The van der Waals surface area contributed by atoms with E-state index in [1.807, 2.05) is 0 Å². The second kappa shape index (κ2) is 8.40. The van der Waals surface area contributed by atoms with Gasteiger partial charge in [0.1, 0.15) is 11.3 Å². The minimum absolute atomic E-state index is 0.0363. The number of halogens is 3. The van der Waals surface area contributed by atoms with Gasteiger partial charge in [-0.2, -0.15) is 13.2 Å². The molecule has 3 aromatic heterocycles. The monoisotopic (exact) mass is 437 g/mol. The van der Waals surface area contributed by atoms with Gasteiger partial charge in [0.2, 0.25) is 5.95 Å². The number of H-pyrrole nitrogens is 1. The van der Waals surface area contributed by atoms with E-state index in [0.717, 1.165) is 25.6 Å². The molecule has 3 aromatic rings.